The number of aliphatic hydroxyl groups excluding tert-OH is 2. The van der Waals surface area contributed by atoms with Gasteiger partial charge in [-0.1, -0.05) is 37.3 Å². The lowest BCUT2D eigenvalue weighted by Crippen LogP contribution is -2.51. The van der Waals surface area contributed by atoms with Crippen molar-refractivity contribution in [1.82, 2.24) is 34.2 Å². The van der Waals surface area contributed by atoms with Crippen molar-refractivity contribution >= 4 is 28.8 Å². The second-order valence-electron chi connectivity index (χ2n) is 13.2. The first-order valence-corrected chi connectivity index (χ1v) is 16.4. The van der Waals surface area contributed by atoms with Crippen molar-refractivity contribution in [2.75, 3.05) is 57.0 Å². The fourth-order valence-corrected chi connectivity index (χ4v) is 7.26. The third kappa shape index (κ3) is 6.89. The fourth-order valence-electron chi connectivity index (χ4n) is 7.26. The van der Waals surface area contributed by atoms with Crippen LogP contribution in [0.1, 0.15) is 44.2 Å². The highest BCUT2D eigenvalue weighted by molar-refractivity contribution is 5.85. The summed E-state index contributed by atoms with van der Waals surface area (Å²) < 4.78 is 42.1. The number of aliphatic hydroxyl groups is 2. The van der Waals surface area contributed by atoms with E-state index in [-0.39, 0.29) is 25.4 Å². The lowest BCUT2D eigenvalue weighted by atomic mass is 10.1. The minimum absolute atomic E-state index is 0.0960. The summed E-state index contributed by atoms with van der Waals surface area (Å²) in [4.78, 5) is 34.1. The van der Waals surface area contributed by atoms with Crippen molar-refractivity contribution in [3.05, 3.63) is 42.2 Å². The molecule has 2 aromatic heterocycles. The molecule has 256 valence electrons. The molecule has 12 nitrogen and oxygen atoms in total. The summed E-state index contributed by atoms with van der Waals surface area (Å²) in [5.41, 5.74) is 2.12. The molecular weight excluding hydrogens is 615 g/mol. The molecule has 3 fully saturated rings. The van der Waals surface area contributed by atoms with Crippen molar-refractivity contribution < 1.29 is 28.2 Å². The fraction of sp³-hybridized carbons (Fsp3) is 0.625. The molecule has 0 spiro atoms. The Balaban J connectivity index is 1.30. The number of alkyl halides is 3. The summed E-state index contributed by atoms with van der Waals surface area (Å²) in [6.07, 6.45) is -4.63. The highest BCUT2D eigenvalue weighted by atomic mass is 19.4. The number of carbonyl (C=O) groups is 1. The summed E-state index contributed by atoms with van der Waals surface area (Å²) in [6.45, 7) is 5.48. The van der Waals surface area contributed by atoms with Crippen LogP contribution in [0.2, 0.25) is 0 Å². The Labute approximate surface area is 272 Å². The first kappa shape index (κ1) is 33.4. The van der Waals surface area contributed by atoms with E-state index in [0.717, 1.165) is 45.6 Å². The number of amides is 1. The number of imidazole rings is 1. The number of rotatable bonds is 10. The van der Waals surface area contributed by atoms with E-state index < -0.39 is 36.4 Å². The van der Waals surface area contributed by atoms with Crippen molar-refractivity contribution in [1.29, 1.82) is 0 Å². The number of anilines is 2. The van der Waals surface area contributed by atoms with Gasteiger partial charge in [0.05, 0.1) is 18.4 Å². The normalized spacial score (nSPS) is 27.0. The highest BCUT2D eigenvalue weighted by Gasteiger charge is 2.51. The molecule has 0 radical (unpaired) electrons. The zero-order valence-corrected chi connectivity index (χ0v) is 27.0. The van der Waals surface area contributed by atoms with Crippen molar-refractivity contribution in [3.8, 4) is 0 Å². The third-order valence-electron chi connectivity index (χ3n) is 9.80. The SMILES string of the molecule is CCCN(C(=O)C(F)(F)F)[C@H]1C[C@@H](n2cnc3c(N[C@@H]4CCN(Cc5ccccc5)C4)nc(N4CC[C@@H](N(C)C)C4)nc32)[C@H](O)[C@@H]1O. The Hall–Kier alpha value is -3.53. The second kappa shape index (κ2) is 13.5. The first-order valence-electron chi connectivity index (χ1n) is 16.4. The van der Waals surface area contributed by atoms with Crippen LogP contribution in [0, 0.1) is 0 Å². The number of likely N-dealkylation sites (tertiary alicyclic amines) is 1. The van der Waals surface area contributed by atoms with Gasteiger partial charge in [0.2, 0.25) is 5.95 Å². The van der Waals surface area contributed by atoms with E-state index in [1.54, 1.807) is 11.5 Å². The molecule has 0 unspecified atom stereocenters. The molecule has 1 amide bonds. The van der Waals surface area contributed by atoms with Gasteiger partial charge in [0.15, 0.2) is 17.0 Å². The maximum Gasteiger partial charge on any atom is 0.471 e. The smallest absolute Gasteiger partial charge is 0.388 e. The van der Waals surface area contributed by atoms with Gasteiger partial charge in [0.25, 0.3) is 0 Å². The second-order valence-corrected chi connectivity index (χ2v) is 13.2. The molecule has 1 saturated carbocycles. The van der Waals surface area contributed by atoms with Crippen LogP contribution in [0.15, 0.2) is 36.7 Å². The van der Waals surface area contributed by atoms with Gasteiger partial charge in [-0.25, -0.2) is 4.98 Å². The Morgan fingerprint density at radius 1 is 1.06 bits per heavy atom. The lowest BCUT2D eigenvalue weighted by Gasteiger charge is -2.31. The zero-order valence-electron chi connectivity index (χ0n) is 27.0. The minimum Gasteiger partial charge on any atom is -0.388 e. The Bertz CT molecular complexity index is 1540. The quantitative estimate of drug-likeness (QED) is 0.299. The summed E-state index contributed by atoms with van der Waals surface area (Å²) >= 11 is 0. The van der Waals surface area contributed by atoms with E-state index in [1.165, 1.54) is 11.9 Å². The van der Waals surface area contributed by atoms with Crippen LogP contribution >= 0.6 is 0 Å². The number of nitrogens with zero attached hydrogens (tertiary/aromatic N) is 8. The van der Waals surface area contributed by atoms with Gasteiger partial charge < -0.3 is 34.8 Å². The lowest BCUT2D eigenvalue weighted by molar-refractivity contribution is -0.190. The molecule has 6 rings (SSSR count). The number of carbonyl (C=O) groups excluding carboxylic acids is 1. The molecule has 2 saturated heterocycles. The van der Waals surface area contributed by atoms with Crippen LogP contribution in [-0.2, 0) is 11.3 Å². The largest absolute Gasteiger partial charge is 0.471 e. The molecule has 1 aromatic carbocycles. The van der Waals surface area contributed by atoms with Crippen LogP contribution in [0.5, 0.6) is 0 Å². The number of hydrogen-bond acceptors (Lipinski definition) is 10. The minimum atomic E-state index is -5.10. The van der Waals surface area contributed by atoms with Crippen LogP contribution < -0.4 is 10.2 Å². The van der Waals surface area contributed by atoms with E-state index in [2.05, 4.69) is 37.1 Å². The zero-order chi connectivity index (χ0) is 33.5. The molecule has 47 heavy (non-hydrogen) atoms. The maximum atomic E-state index is 13.5. The van der Waals surface area contributed by atoms with Crippen molar-refractivity contribution in [2.45, 2.75) is 81.7 Å². The van der Waals surface area contributed by atoms with Crippen molar-refractivity contribution in [2.24, 2.45) is 0 Å². The van der Waals surface area contributed by atoms with E-state index in [0.29, 0.717) is 33.9 Å². The van der Waals surface area contributed by atoms with E-state index in [9.17, 15) is 28.2 Å². The number of aromatic nitrogens is 4. The Morgan fingerprint density at radius 2 is 1.83 bits per heavy atom. The number of hydrogen-bond donors (Lipinski definition) is 3. The van der Waals surface area contributed by atoms with Gasteiger partial charge in [-0.3, -0.25) is 9.69 Å². The summed E-state index contributed by atoms with van der Waals surface area (Å²) in [5.74, 6) is -0.979. The van der Waals surface area contributed by atoms with Gasteiger partial charge in [0.1, 0.15) is 12.2 Å². The van der Waals surface area contributed by atoms with Gasteiger partial charge in [-0.2, -0.15) is 23.1 Å². The van der Waals surface area contributed by atoms with Crippen LogP contribution in [0.25, 0.3) is 11.2 Å². The monoisotopic (exact) mass is 659 g/mol. The predicted molar refractivity (Wildman–Crippen MR) is 171 cm³/mol. The predicted octanol–water partition coefficient (Wildman–Crippen LogP) is 2.49. The van der Waals surface area contributed by atoms with Crippen molar-refractivity contribution in [3.63, 3.8) is 0 Å². The van der Waals surface area contributed by atoms with E-state index >= 15 is 0 Å². The van der Waals surface area contributed by atoms with Gasteiger partial charge >= 0.3 is 12.1 Å². The Kier molecular flexibility index (Phi) is 9.61. The van der Waals surface area contributed by atoms with Crippen LogP contribution in [0.3, 0.4) is 0 Å². The molecule has 2 aliphatic heterocycles. The molecule has 4 heterocycles. The number of likely N-dealkylation sites (N-methyl/N-ethyl adjacent to an activating group) is 1. The van der Waals surface area contributed by atoms with Gasteiger partial charge in [-0.15, -0.1) is 0 Å². The molecule has 1 aliphatic carbocycles. The average molecular weight is 660 g/mol. The topological polar surface area (TPSA) is 126 Å². The molecular formula is C32H44F3N9O3. The van der Waals surface area contributed by atoms with Crippen LogP contribution in [0.4, 0.5) is 24.9 Å². The number of fused-ring (bicyclic) bond motifs is 1. The maximum absolute atomic E-state index is 13.5. The molecule has 3 N–H and O–H groups in total. The summed E-state index contributed by atoms with van der Waals surface area (Å²) in [7, 11) is 4.08. The molecule has 15 heteroatoms. The Morgan fingerprint density at radius 3 is 2.51 bits per heavy atom. The van der Waals surface area contributed by atoms with Gasteiger partial charge in [0, 0.05) is 51.4 Å². The summed E-state index contributed by atoms with van der Waals surface area (Å²) in [5, 5.41) is 25.8. The summed E-state index contributed by atoms with van der Waals surface area (Å²) in [6, 6.07) is 8.63. The van der Waals surface area contributed by atoms with Crippen LogP contribution in [-0.4, -0.2) is 134 Å². The average Bonchev–Trinajstić information content (AvgIpc) is 3.84. The highest BCUT2D eigenvalue weighted by Crippen LogP contribution is 2.38. The molecule has 6 atom stereocenters. The third-order valence-corrected chi connectivity index (χ3v) is 9.80. The number of nitrogens with one attached hydrogen (secondary N) is 1. The van der Waals surface area contributed by atoms with Gasteiger partial charge in [-0.05, 0) is 45.3 Å². The van der Waals surface area contributed by atoms with E-state index in [4.69, 9.17) is 9.97 Å². The number of halogens is 3. The molecule has 3 aliphatic rings. The molecule has 0 bridgehead atoms. The number of benzene rings is 1. The molecule has 3 aromatic rings. The standard InChI is InChI=1S/C32H44F3N9O3/c1-4-12-43(30(47)32(33,34)35)23-15-24(27(46)26(23)45)44-19-36-25-28(37-21-10-13-41(17-21)16-20-8-6-5-7-9-20)38-31(39-29(25)44)42-14-11-22(18-42)40(2)3/h5-9,19,21-24,26-27,45-46H,4,10-18H2,1-3H3,(H,37,38,39)/t21-,22-,23+,24-,26-,27+/m1/s1. The first-order chi connectivity index (χ1) is 22.4. The van der Waals surface area contributed by atoms with E-state index in [1.807, 2.05) is 32.3 Å².